The van der Waals surface area contributed by atoms with Crippen molar-refractivity contribution in [2.45, 2.75) is 19.4 Å². The van der Waals surface area contributed by atoms with Crippen molar-refractivity contribution in [3.8, 4) is 6.07 Å². The van der Waals surface area contributed by atoms with Crippen LogP contribution in [0.4, 0.5) is 0 Å². The van der Waals surface area contributed by atoms with Crippen molar-refractivity contribution in [2.24, 2.45) is 0 Å². The lowest BCUT2D eigenvalue weighted by atomic mass is 10.3. The van der Waals surface area contributed by atoms with Crippen LogP contribution in [0.15, 0.2) is 0 Å². The van der Waals surface area contributed by atoms with Crippen LogP contribution in [-0.2, 0) is 9.59 Å². The van der Waals surface area contributed by atoms with Crippen molar-refractivity contribution in [3.63, 3.8) is 0 Å². The summed E-state index contributed by atoms with van der Waals surface area (Å²) in [6.07, 6.45) is 0.386. The van der Waals surface area contributed by atoms with Crippen LogP contribution in [-0.4, -0.2) is 34.5 Å². The monoisotopic (exact) mass is 216 g/mol. The van der Waals surface area contributed by atoms with Gasteiger partial charge in [0.25, 0.3) is 0 Å². The van der Waals surface area contributed by atoms with Crippen molar-refractivity contribution >= 4 is 23.6 Å². The zero-order valence-corrected chi connectivity index (χ0v) is 8.63. The molecule has 0 heterocycles. The zero-order chi connectivity index (χ0) is 11.0. The summed E-state index contributed by atoms with van der Waals surface area (Å²) in [7, 11) is 0. The van der Waals surface area contributed by atoms with Gasteiger partial charge in [-0.25, -0.2) is 4.79 Å². The third-order valence-electron chi connectivity index (χ3n) is 1.32. The van der Waals surface area contributed by atoms with Gasteiger partial charge in [-0.05, 0) is 0 Å². The highest BCUT2D eigenvalue weighted by molar-refractivity contribution is 7.99. The van der Waals surface area contributed by atoms with E-state index in [1.807, 2.05) is 6.07 Å². The van der Waals surface area contributed by atoms with E-state index in [2.05, 4.69) is 5.32 Å². The molecule has 0 aliphatic carbocycles. The quantitative estimate of drug-likeness (QED) is 0.620. The van der Waals surface area contributed by atoms with Crippen molar-refractivity contribution < 1.29 is 14.7 Å². The summed E-state index contributed by atoms with van der Waals surface area (Å²) in [6, 6.07) is 1.09. The first-order chi connectivity index (χ1) is 6.57. The molecule has 0 saturated carbocycles. The van der Waals surface area contributed by atoms with Gasteiger partial charge in [0.2, 0.25) is 5.91 Å². The first kappa shape index (κ1) is 12.8. The van der Waals surface area contributed by atoms with E-state index in [-0.39, 0.29) is 11.7 Å². The van der Waals surface area contributed by atoms with E-state index in [4.69, 9.17) is 10.4 Å². The highest BCUT2D eigenvalue weighted by atomic mass is 32.2. The third kappa shape index (κ3) is 6.31. The lowest BCUT2D eigenvalue weighted by Gasteiger charge is -2.11. The highest BCUT2D eigenvalue weighted by Crippen LogP contribution is 2.04. The summed E-state index contributed by atoms with van der Waals surface area (Å²) in [4.78, 5) is 21.2. The Labute approximate surface area is 86.5 Å². The number of hydrogen-bond donors (Lipinski definition) is 2. The molecule has 0 aromatic rings. The van der Waals surface area contributed by atoms with Gasteiger partial charge < -0.3 is 10.4 Å². The van der Waals surface area contributed by atoms with Crippen molar-refractivity contribution in [2.75, 3.05) is 11.5 Å². The minimum absolute atomic E-state index is 0.288. The standard InChI is InChI=1S/C8H12N2O3S/c1-6(11)10-7(8(12)13)5-14-4-2-3-9/h7H,2,4-5H2,1H3,(H,10,11)(H,12,13). The number of carboxylic acid groups (broad SMARTS) is 1. The Balaban J connectivity index is 3.81. The fourth-order valence-corrected chi connectivity index (χ4v) is 1.60. The molecule has 1 amide bonds. The number of thioether (sulfide) groups is 1. The second-order valence-corrected chi connectivity index (χ2v) is 3.72. The van der Waals surface area contributed by atoms with Crippen LogP contribution in [0.3, 0.4) is 0 Å². The van der Waals surface area contributed by atoms with Gasteiger partial charge in [0.1, 0.15) is 6.04 Å². The molecule has 0 aromatic carbocycles. The molecule has 0 spiro atoms. The van der Waals surface area contributed by atoms with E-state index in [1.165, 1.54) is 18.7 Å². The van der Waals surface area contributed by atoms with E-state index >= 15 is 0 Å². The van der Waals surface area contributed by atoms with E-state index in [0.29, 0.717) is 12.2 Å². The summed E-state index contributed by atoms with van der Waals surface area (Å²) in [5.74, 6) is -0.542. The van der Waals surface area contributed by atoms with Crippen LogP contribution in [0.5, 0.6) is 0 Å². The van der Waals surface area contributed by atoms with Gasteiger partial charge in [0.15, 0.2) is 0 Å². The predicted octanol–water partition coefficient (Wildman–Crippen LogP) is 0.223. The Bertz CT molecular complexity index is 249. The van der Waals surface area contributed by atoms with Crippen LogP contribution in [0.1, 0.15) is 13.3 Å². The molecular formula is C8H12N2O3S. The minimum atomic E-state index is -1.05. The Morgan fingerprint density at radius 3 is 2.71 bits per heavy atom. The number of hydrogen-bond acceptors (Lipinski definition) is 4. The Kier molecular flexibility index (Phi) is 6.58. The normalized spacial score (nSPS) is 11.4. The summed E-state index contributed by atoms with van der Waals surface area (Å²) in [6.45, 7) is 1.27. The summed E-state index contributed by atoms with van der Waals surface area (Å²) < 4.78 is 0. The van der Waals surface area contributed by atoms with Gasteiger partial charge in [-0.1, -0.05) is 0 Å². The number of nitrogens with zero attached hydrogens (tertiary/aromatic N) is 1. The van der Waals surface area contributed by atoms with Gasteiger partial charge >= 0.3 is 5.97 Å². The van der Waals surface area contributed by atoms with Gasteiger partial charge in [0, 0.05) is 24.9 Å². The maximum absolute atomic E-state index is 10.6. The lowest BCUT2D eigenvalue weighted by Crippen LogP contribution is -2.41. The smallest absolute Gasteiger partial charge is 0.327 e. The summed E-state index contributed by atoms with van der Waals surface area (Å²) in [5, 5.41) is 19.2. The summed E-state index contributed by atoms with van der Waals surface area (Å²) >= 11 is 1.34. The average molecular weight is 216 g/mol. The molecule has 0 fully saturated rings. The largest absolute Gasteiger partial charge is 0.480 e. The zero-order valence-electron chi connectivity index (χ0n) is 7.82. The molecule has 0 aliphatic rings. The molecule has 6 heteroatoms. The molecule has 2 N–H and O–H groups in total. The van der Waals surface area contributed by atoms with Crippen molar-refractivity contribution in [1.29, 1.82) is 5.26 Å². The number of carbonyl (C=O) groups is 2. The third-order valence-corrected chi connectivity index (χ3v) is 2.38. The average Bonchev–Trinajstić information content (AvgIpc) is 2.09. The van der Waals surface area contributed by atoms with Crippen LogP contribution in [0, 0.1) is 11.3 Å². The predicted molar refractivity (Wildman–Crippen MR) is 52.8 cm³/mol. The minimum Gasteiger partial charge on any atom is -0.480 e. The second-order valence-electron chi connectivity index (χ2n) is 2.57. The van der Waals surface area contributed by atoms with Crippen LogP contribution in [0.25, 0.3) is 0 Å². The van der Waals surface area contributed by atoms with Gasteiger partial charge in [0.05, 0.1) is 6.07 Å². The molecule has 0 saturated heterocycles. The van der Waals surface area contributed by atoms with Crippen molar-refractivity contribution in [3.05, 3.63) is 0 Å². The molecule has 0 aliphatic heterocycles. The van der Waals surface area contributed by atoms with E-state index < -0.39 is 12.0 Å². The van der Waals surface area contributed by atoms with Crippen LogP contribution < -0.4 is 5.32 Å². The van der Waals surface area contributed by atoms with E-state index in [9.17, 15) is 9.59 Å². The first-order valence-corrected chi connectivity index (χ1v) is 5.18. The topological polar surface area (TPSA) is 90.2 Å². The molecule has 1 atom stereocenters. The number of aliphatic carboxylic acids is 1. The fraction of sp³-hybridized carbons (Fsp3) is 0.625. The fourth-order valence-electron chi connectivity index (χ4n) is 0.739. The maximum atomic E-state index is 10.6. The molecule has 0 rings (SSSR count). The molecule has 14 heavy (non-hydrogen) atoms. The van der Waals surface area contributed by atoms with Gasteiger partial charge in [-0.3, -0.25) is 4.79 Å². The van der Waals surface area contributed by atoms with Crippen LogP contribution >= 0.6 is 11.8 Å². The van der Waals surface area contributed by atoms with E-state index in [1.54, 1.807) is 0 Å². The highest BCUT2D eigenvalue weighted by Gasteiger charge is 2.17. The Morgan fingerprint density at radius 2 is 2.29 bits per heavy atom. The number of carbonyl (C=O) groups excluding carboxylic acids is 1. The number of rotatable bonds is 6. The number of nitriles is 1. The molecule has 78 valence electrons. The Morgan fingerprint density at radius 1 is 1.64 bits per heavy atom. The molecule has 0 aromatic heterocycles. The molecule has 0 radical (unpaired) electrons. The molecule has 1 unspecified atom stereocenters. The molecular weight excluding hydrogens is 204 g/mol. The summed E-state index contributed by atoms with van der Waals surface area (Å²) in [5.41, 5.74) is 0. The van der Waals surface area contributed by atoms with Crippen LogP contribution in [0.2, 0.25) is 0 Å². The maximum Gasteiger partial charge on any atom is 0.327 e. The molecule has 5 nitrogen and oxygen atoms in total. The number of carboxylic acids is 1. The van der Waals surface area contributed by atoms with Gasteiger partial charge in [-0.2, -0.15) is 17.0 Å². The molecule has 0 bridgehead atoms. The SMILES string of the molecule is CC(=O)NC(CSCCC#N)C(=O)O. The lowest BCUT2D eigenvalue weighted by molar-refractivity contribution is -0.140. The van der Waals surface area contributed by atoms with E-state index in [0.717, 1.165) is 0 Å². The number of nitrogens with one attached hydrogen (secondary N) is 1. The Hall–Kier alpha value is -1.22. The van der Waals surface area contributed by atoms with Gasteiger partial charge in [-0.15, -0.1) is 0 Å². The number of amides is 1. The second kappa shape index (κ2) is 7.21. The van der Waals surface area contributed by atoms with Crippen molar-refractivity contribution in [1.82, 2.24) is 5.32 Å². The first-order valence-electron chi connectivity index (χ1n) is 4.02.